The number of Topliss-reactive ketones (excluding diaryl/α,β-unsaturated/α-hetero) is 1. The zero-order valence-electron chi connectivity index (χ0n) is 12.2. The lowest BCUT2D eigenvalue weighted by Gasteiger charge is -2.14. The minimum atomic E-state index is -0.378. The Balaban J connectivity index is 2.53. The number of hydrogen-bond acceptors (Lipinski definition) is 2. The Hall–Kier alpha value is -2.26. The molecule has 0 atom stereocenters. The quantitative estimate of drug-likeness (QED) is 0.608. The predicted molar refractivity (Wildman–Crippen MR) is 86.9 cm³/mol. The minimum absolute atomic E-state index is 0.148. The highest BCUT2D eigenvalue weighted by molar-refractivity contribution is 6.31. The van der Waals surface area contributed by atoms with E-state index in [1.807, 2.05) is 0 Å². The zero-order valence-corrected chi connectivity index (χ0v) is 12.9. The van der Waals surface area contributed by atoms with Gasteiger partial charge in [0.15, 0.2) is 5.78 Å². The highest BCUT2D eigenvalue weighted by atomic mass is 35.5. The van der Waals surface area contributed by atoms with Gasteiger partial charge in [0.1, 0.15) is 5.82 Å². The van der Waals surface area contributed by atoms with Crippen molar-refractivity contribution in [3.05, 3.63) is 64.6 Å². The van der Waals surface area contributed by atoms with E-state index in [4.69, 9.17) is 11.6 Å². The first-order chi connectivity index (χ1) is 10.5. The van der Waals surface area contributed by atoms with E-state index in [0.717, 1.165) is 0 Å². The van der Waals surface area contributed by atoms with Crippen molar-refractivity contribution in [2.75, 3.05) is 0 Å². The van der Waals surface area contributed by atoms with Gasteiger partial charge < -0.3 is 0 Å². The molecule has 0 aliphatic heterocycles. The van der Waals surface area contributed by atoms with Crippen molar-refractivity contribution in [3.8, 4) is 11.1 Å². The third-order valence-corrected chi connectivity index (χ3v) is 3.86. The van der Waals surface area contributed by atoms with Gasteiger partial charge >= 0.3 is 0 Å². The summed E-state index contributed by atoms with van der Waals surface area (Å²) < 4.78 is 14.3. The van der Waals surface area contributed by atoms with Crippen LogP contribution in [0.5, 0.6) is 0 Å². The first-order valence-corrected chi connectivity index (χ1v) is 7.22. The lowest BCUT2D eigenvalue weighted by molar-refractivity contribution is 0.101. The summed E-state index contributed by atoms with van der Waals surface area (Å²) in [5.41, 5.74) is 2.63. The lowest BCUT2D eigenvalue weighted by atomic mass is 9.92. The minimum Gasteiger partial charge on any atom is -0.294 e. The second kappa shape index (κ2) is 5.50. The molecule has 0 radical (unpaired) electrons. The number of fused-ring (bicyclic) bond motifs is 1. The number of benzene rings is 2. The van der Waals surface area contributed by atoms with Gasteiger partial charge in [-0.1, -0.05) is 29.8 Å². The van der Waals surface area contributed by atoms with Crippen LogP contribution in [-0.4, -0.2) is 10.8 Å². The number of hydrogen-bond donors (Lipinski definition) is 0. The summed E-state index contributed by atoms with van der Waals surface area (Å²) in [6.45, 7) is 3.22. The maximum atomic E-state index is 14.3. The third-order valence-electron chi connectivity index (χ3n) is 3.62. The van der Waals surface area contributed by atoms with E-state index in [1.165, 1.54) is 13.0 Å². The van der Waals surface area contributed by atoms with Crippen LogP contribution < -0.4 is 0 Å². The molecule has 0 saturated carbocycles. The van der Waals surface area contributed by atoms with Crippen LogP contribution in [0, 0.1) is 12.7 Å². The van der Waals surface area contributed by atoms with E-state index in [9.17, 15) is 9.18 Å². The van der Waals surface area contributed by atoms with E-state index in [0.29, 0.717) is 38.3 Å². The van der Waals surface area contributed by atoms with Gasteiger partial charge in [-0.05, 0) is 38.1 Å². The molecular formula is C18H13ClFNO. The fourth-order valence-corrected chi connectivity index (χ4v) is 2.90. The largest absolute Gasteiger partial charge is 0.294 e. The topological polar surface area (TPSA) is 30.0 Å². The van der Waals surface area contributed by atoms with Gasteiger partial charge in [-0.15, -0.1) is 0 Å². The van der Waals surface area contributed by atoms with Crippen LogP contribution in [0.2, 0.25) is 5.02 Å². The second-order valence-electron chi connectivity index (χ2n) is 5.14. The smallest absolute Gasteiger partial charge is 0.162 e. The van der Waals surface area contributed by atoms with Crippen molar-refractivity contribution < 1.29 is 9.18 Å². The summed E-state index contributed by atoms with van der Waals surface area (Å²) in [5.74, 6) is -0.526. The summed E-state index contributed by atoms with van der Waals surface area (Å²) in [7, 11) is 0. The Bertz CT molecular complexity index is 905. The third kappa shape index (κ3) is 2.38. The number of carbonyl (C=O) groups excluding carboxylic acids is 1. The van der Waals surface area contributed by atoms with Gasteiger partial charge in [0.25, 0.3) is 0 Å². The van der Waals surface area contributed by atoms with Crippen molar-refractivity contribution in [2.45, 2.75) is 13.8 Å². The average Bonchev–Trinajstić information content (AvgIpc) is 2.47. The molecule has 4 heteroatoms. The molecule has 0 amide bonds. The number of rotatable bonds is 2. The molecule has 0 aliphatic carbocycles. The summed E-state index contributed by atoms with van der Waals surface area (Å²) in [5, 5.41) is 1.19. The van der Waals surface area contributed by atoms with Crippen LogP contribution in [0.1, 0.15) is 23.0 Å². The van der Waals surface area contributed by atoms with Crippen LogP contribution >= 0.6 is 11.6 Å². The molecule has 0 N–H and O–H groups in total. The van der Waals surface area contributed by atoms with Crippen LogP contribution in [-0.2, 0) is 0 Å². The van der Waals surface area contributed by atoms with Crippen molar-refractivity contribution >= 4 is 28.3 Å². The number of nitrogens with zero attached hydrogens (tertiary/aromatic N) is 1. The van der Waals surface area contributed by atoms with Gasteiger partial charge in [0.2, 0.25) is 0 Å². The fourth-order valence-electron chi connectivity index (χ4n) is 2.73. The molecule has 0 fully saturated rings. The summed E-state index contributed by atoms with van der Waals surface area (Å²) in [6.07, 6.45) is 0. The number of ketones is 1. The number of aromatic nitrogens is 1. The maximum absolute atomic E-state index is 14.3. The van der Waals surface area contributed by atoms with Crippen LogP contribution in [0.15, 0.2) is 42.5 Å². The molecule has 1 aromatic heterocycles. The molecule has 110 valence electrons. The molecule has 2 nitrogen and oxygen atoms in total. The molecule has 0 saturated heterocycles. The predicted octanol–water partition coefficient (Wildman–Crippen LogP) is 5.21. The van der Waals surface area contributed by atoms with Gasteiger partial charge in [-0.2, -0.15) is 0 Å². The molecule has 0 aliphatic rings. The van der Waals surface area contributed by atoms with Crippen molar-refractivity contribution in [3.63, 3.8) is 0 Å². The number of halogens is 2. The Kier molecular flexibility index (Phi) is 3.67. The Morgan fingerprint density at radius 1 is 1.18 bits per heavy atom. The Morgan fingerprint density at radius 3 is 2.59 bits per heavy atom. The summed E-state index contributed by atoms with van der Waals surface area (Å²) >= 11 is 6.08. The van der Waals surface area contributed by atoms with Crippen molar-refractivity contribution in [2.24, 2.45) is 0 Å². The van der Waals surface area contributed by atoms with Crippen LogP contribution in [0.25, 0.3) is 22.0 Å². The average molecular weight is 314 g/mol. The van der Waals surface area contributed by atoms with E-state index in [2.05, 4.69) is 4.98 Å². The second-order valence-corrected chi connectivity index (χ2v) is 5.58. The van der Waals surface area contributed by atoms with Crippen molar-refractivity contribution in [1.82, 2.24) is 4.98 Å². The molecule has 0 unspecified atom stereocenters. The van der Waals surface area contributed by atoms with E-state index < -0.39 is 0 Å². The van der Waals surface area contributed by atoms with E-state index in [1.54, 1.807) is 43.3 Å². The lowest BCUT2D eigenvalue weighted by Crippen LogP contribution is -2.04. The fraction of sp³-hybridized carbons (Fsp3) is 0.111. The summed E-state index contributed by atoms with van der Waals surface area (Å²) in [4.78, 5) is 16.6. The van der Waals surface area contributed by atoms with Gasteiger partial charge in [-0.25, -0.2) is 4.39 Å². The summed E-state index contributed by atoms with van der Waals surface area (Å²) in [6, 6.07) is 11.6. The zero-order chi connectivity index (χ0) is 15.9. The molecular weight excluding hydrogens is 301 g/mol. The van der Waals surface area contributed by atoms with E-state index in [-0.39, 0.29) is 11.6 Å². The standard InChI is InChI=1S/C18H13ClFNO/c1-10-17(11(2)22)18(13-5-3-4-6-15(13)20)14-9-12(19)7-8-16(14)21-10/h3-9H,1-2H3. The highest BCUT2D eigenvalue weighted by Crippen LogP contribution is 2.35. The Labute approximate surface area is 132 Å². The first-order valence-electron chi connectivity index (χ1n) is 6.84. The molecule has 0 spiro atoms. The maximum Gasteiger partial charge on any atom is 0.162 e. The normalized spacial score (nSPS) is 10.9. The molecule has 3 rings (SSSR count). The SMILES string of the molecule is CC(=O)c1c(C)nc2ccc(Cl)cc2c1-c1ccccc1F. The van der Waals surface area contributed by atoms with Crippen LogP contribution in [0.4, 0.5) is 4.39 Å². The number of pyridine rings is 1. The highest BCUT2D eigenvalue weighted by Gasteiger charge is 2.20. The molecule has 0 bridgehead atoms. The molecule has 1 heterocycles. The molecule has 22 heavy (non-hydrogen) atoms. The van der Waals surface area contributed by atoms with Crippen molar-refractivity contribution in [1.29, 1.82) is 0 Å². The monoisotopic (exact) mass is 313 g/mol. The van der Waals surface area contributed by atoms with E-state index >= 15 is 0 Å². The Morgan fingerprint density at radius 2 is 1.91 bits per heavy atom. The number of carbonyl (C=O) groups is 1. The van der Waals surface area contributed by atoms with Gasteiger partial charge in [0.05, 0.1) is 5.52 Å². The molecule has 3 aromatic rings. The van der Waals surface area contributed by atoms with Gasteiger partial charge in [-0.3, -0.25) is 9.78 Å². The first kappa shape index (κ1) is 14.7. The van der Waals surface area contributed by atoms with Crippen LogP contribution in [0.3, 0.4) is 0 Å². The number of aryl methyl sites for hydroxylation is 1. The molecule has 2 aromatic carbocycles. The van der Waals surface area contributed by atoms with Gasteiger partial charge in [0, 0.05) is 32.8 Å².